The molecule has 0 aliphatic rings. The van der Waals surface area contributed by atoms with Crippen molar-refractivity contribution in [3.63, 3.8) is 0 Å². The Balaban J connectivity index is 0.000000461. The third kappa shape index (κ3) is 4.73. The zero-order valence-corrected chi connectivity index (χ0v) is 8.03. The molecule has 0 aliphatic carbocycles. The summed E-state index contributed by atoms with van der Waals surface area (Å²) in [6.45, 7) is 8.26. The second kappa shape index (κ2) is 7.48. The summed E-state index contributed by atoms with van der Waals surface area (Å²) >= 11 is 1.78. The van der Waals surface area contributed by atoms with Gasteiger partial charge in [0.1, 0.15) is 0 Å². The second-order valence-corrected chi connectivity index (χ2v) is 2.81. The van der Waals surface area contributed by atoms with Gasteiger partial charge in [-0.3, -0.25) is 0 Å². The number of aliphatic imine (C=N–C) groups is 1. The van der Waals surface area contributed by atoms with E-state index < -0.39 is 0 Å². The number of rotatable bonds is 3. The molecule has 1 rings (SSSR count). The van der Waals surface area contributed by atoms with E-state index in [1.54, 1.807) is 11.3 Å². The normalized spacial score (nSPS) is 8.18. The molecule has 1 nitrogen and oxygen atoms in total. The molecular formula is C9H15NS. The van der Waals surface area contributed by atoms with E-state index in [9.17, 15) is 0 Å². The minimum Gasteiger partial charge on any atom is -0.301 e. The smallest absolute Gasteiger partial charge is 0.0430 e. The maximum Gasteiger partial charge on any atom is 0.0430 e. The van der Waals surface area contributed by atoms with Gasteiger partial charge in [0.25, 0.3) is 0 Å². The zero-order valence-electron chi connectivity index (χ0n) is 7.21. The van der Waals surface area contributed by atoms with Crippen molar-refractivity contribution in [3.05, 3.63) is 22.4 Å². The molecule has 0 amide bonds. The summed E-state index contributed by atoms with van der Waals surface area (Å²) in [6.07, 6.45) is 1.04. The van der Waals surface area contributed by atoms with E-state index in [0.717, 1.165) is 13.0 Å². The van der Waals surface area contributed by atoms with Crippen LogP contribution in [0.3, 0.4) is 0 Å². The van der Waals surface area contributed by atoms with Crippen LogP contribution in [0.15, 0.2) is 22.5 Å². The molecule has 0 saturated heterocycles. The molecule has 0 bridgehead atoms. The van der Waals surface area contributed by atoms with Crippen molar-refractivity contribution in [3.8, 4) is 0 Å². The summed E-state index contributed by atoms with van der Waals surface area (Å²) in [5.41, 5.74) is 0. The van der Waals surface area contributed by atoms with Crippen LogP contribution in [0, 0.1) is 0 Å². The largest absolute Gasteiger partial charge is 0.301 e. The van der Waals surface area contributed by atoms with Gasteiger partial charge < -0.3 is 4.99 Å². The molecule has 0 fully saturated rings. The second-order valence-electron chi connectivity index (χ2n) is 1.78. The molecule has 1 aromatic heterocycles. The third-order valence-corrected chi connectivity index (χ3v) is 2.03. The van der Waals surface area contributed by atoms with Gasteiger partial charge in [0.2, 0.25) is 0 Å². The zero-order chi connectivity index (χ0) is 8.53. The maximum atomic E-state index is 3.77. The van der Waals surface area contributed by atoms with Crippen molar-refractivity contribution < 1.29 is 0 Å². The highest BCUT2D eigenvalue weighted by molar-refractivity contribution is 7.09. The van der Waals surface area contributed by atoms with Crippen molar-refractivity contribution in [2.45, 2.75) is 20.3 Å². The molecule has 0 N–H and O–H groups in total. The lowest BCUT2D eigenvalue weighted by Crippen LogP contribution is -1.82. The fourth-order valence-corrected chi connectivity index (χ4v) is 1.34. The Kier molecular flexibility index (Phi) is 7.05. The van der Waals surface area contributed by atoms with Gasteiger partial charge in [-0.1, -0.05) is 19.9 Å². The molecule has 0 atom stereocenters. The molecule has 0 unspecified atom stereocenters. The summed E-state index contributed by atoms with van der Waals surface area (Å²) in [5, 5.41) is 2.08. The quantitative estimate of drug-likeness (QED) is 0.617. The Morgan fingerprint density at radius 2 is 2.27 bits per heavy atom. The molecule has 62 valence electrons. The topological polar surface area (TPSA) is 12.4 Å². The molecule has 11 heavy (non-hydrogen) atoms. The summed E-state index contributed by atoms with van der Waals surface area (Å²) < 4.78 is 0. The Labute approximate surface area is 72.8 Å². The Hall–Kier alpha value is -0.630. The van der Waals surface area contributed by atoms with Crippen molar-refractivity contribution in [2.75, 3.05) is 6.54 Å². The van der Waals surface area contributed by atoms with Gasteiger partial charge in [-0.25, -0.2) is 0 Å². The molecule has 0 spiro atoms. The van der Waals surface area contributed by atoms with E-state index in [0.29, 0.717) is 0 Å². The highest BCUT2D eigenvalue weighted by Gasteiger charge is 1.88. The van der Waals surface area contributed by atoms with Crippen LogP contribution in [0.2, 0.25) is 0 Å². The first-order chi connectivity index (χ1) is 5.43. The lowest BCUT2D eigenvalue weighted by molar-refractivity contribution is 0.997. The fraction of sp³-hybridized carbons (Fsp3) is 0.444. The molecule has 0 saturated carbocycles. The maximum absolute atomic E-state index is 3.77. The highest BCUT2D eigenvalue weighted by atomic mass is 32.1. The van der Waals surface area contributed by atoms with Crippen molar-refractivity contribution in [2.24, 2.45) is 4.99 Å². The van der Waals surface area contributed by atoms with Crippen LogP contribution in [0.4, 0.5) is 0 Å². The van der Waals surface area contributed by atoms with Gasteiger partial charge in [-0.05, 0) is 18.2 Å². The molecule has 0 radical (unpaired) electrons. The van der Waals surface area contributed by atoms with Crippen LogP contribution in [0.1, 0.15) is 18.7 Å². The van der Waals surface area contributed by atoms with E-state index in [2.05, 4.69) is 29.2 Å². The van der Waals surface area contributed by atoms with Crippen LogP contribution in [0.5, 0.6) is 0 Å². The predicted molar refractivity (Wildman–Crippen MR) is 53.8 cm³/mol. The fourth-order valence-electron chi connectivity index (χ4n) is 0.644. The van der Waals surface area contributed by atoms with Gasteiger partial charge >= 0.3 is 0 Å². The number of hydrogen-bond donors (Lipinski definition) is 0. The van der Waals surface area contributed by atoms with Crippen molar-refractivity contribution >= 4 is 18.1 Å². The first-order valence-corrected chi connectivity index (χ1v) is 4.76. The Morgan fingerprint density at radius 3 is 2.73 bits per heavy atom. The van der Waals surface area contributed by atoms with E-state index in [1.165, 1.54) is 4.88 Å². The molecule has 0 aromatic carbocycles. The number of nitrogens with zero attached hydrogens (tertiary/aromatic N) is 1. The molecule has 2 heteroatoms. The van der Waals surface area contributed by atoms with Crippen molar-refractivity contribution in [1.82, 2.24) is 0 Å². The van der Waals surface area contributed by atoms with Gasteiger partial charge in [-0.15, -0.1) is 11.3 Å². The minimum absolute atomic E-state index is 0.848. The summed E-state index contributed by atoms with van der Waals surface area (Å²) in [5.74, 6) is 0. The van der Waals surface area contributed by atoms with Gasteiger partial charge in [-0.2, -0.15) is 0 Å². The van der Waals surface area contributed by atoms with Crippen LogP contribution < -0.4 is 0 Å². The van der Waals surface area contributed by atoms with Gasteiger partial charge in [0.15, 0.2) is 0 Å². The van der Waals surface area contributed by atoms with E-state index in [1.807, 2.05) is 13.8 Å². The van der Waals surface area contributed by atoms with Crippen LogP contribution in [-0.2, 0) is 6.42 Å². The summed E-state index contributed by atoms with van der Waals surface area (Å²) in [6, 6.07) is 4.18. The number of hydrogen-bond acceptors (Lipinski definition) is 2. The lowest BCUT2D eigenvalue weighted by Gasteiger charge is -1.87. The molecule has 1 heterocycles. The Bertz CT molecular complexity index is 168. The molecule has 0 aliphatic heterocycles. The summed E-state index contributed by atoms with van der Waals surface area (Å²) in [4.78, 5) is 5.16. The lowest BCUT2D eigenvalue weighted by atomic mass is 10.3. The standard InChI is InChI=1S/C7H9NS.C2H6/c1-8-5-4-7-3-2-6-9-7;1-2/h2-3,6H,1,4-5H2;1-2H3. The molecule has 1 aromatic rings. The highest BCUT2D eigenvalue weighted by Crippen LogP contribution is 2.08. The van der Waals surface area contributed by atoms with E-state index in [-0.39, 0.29) is 0 Å². The van der Waals surface area contributed by atoms with Crippen molar-refractivity contribution in [1.29, 1.82) is 0 Å². The van der Waals surface area contributed by atoms with Gasteiger partial charge in [0.05, 0.1) is 0 Å². The monoisotopic (exact) mass is 169 g/mol. The SMILES string of the molecule is C=NCCc1cccs1.CC. The van der Waals surface area contributed by atoms with Crippen LogP contribution in [0.25, 0.3) is 0 Å². The van der Waals surface area contributed by atoms with Gasteiger partial charge in [0, 0.05) is 17.8 Å². The predicted octanol–water partition coefficient (Wildman–Crippen LogP) is 3.02. The summed E-state index contributed by atoms with van der Waals surface area (Å²) in [7, 11) is 0. The minimum atomic E-state index is 0.848. The average Bonchev–Trinajstić information content (AvgIpc) is 2.57. The molecular weight excluding hydrogens is 154 g/mol. The van der Waals surface area contributed by atoms with E-state index in [4.69, 9.17) is 0 Å². The average molecular weight is 169 g/mol. The first kappa shape index (κ1) is 10.4. The van der Waals surface area contributed by atoms with E-state index >= 15 is 0 Å². The van der Waals surface area contributed by atoms with Crippen LogP contribution in [-0.4, -0.2) is 13.3 Å². The van der Waals surface area contributed by atoms with Crippen LogP contribution >= 0.6 is 11.3 Å². The number of thiophene rings is 1. The Morgan fingerprint density at radius 1 is 1.55 bits per heavy atom. The third-order valence-electron chi connectivity index (χ3n) is 1.10. The first-order valence-electron chi connectivity index (χ1n) is 3.88.